The first-order valence-corrected chi connectivity index (χ1v) is 5.35. The predicted molar refractivity (Wildman–Crippen MR) is 59.1 cm³/mol. The van der Waals surface area contributed by atoms with Crippen molar-refractivity contribution in [2.75, 3.05) is 7.11 Å². The molecule has 0 aromatic heterocycles. The van der Waals surface area contributed by atoms with Crippen molar-refractivity contribution in [1.82, 2.24) is 0 Å². The Morgan fingerprint density at radius 3 is 2.89 bits per heavy atom. The number of phenols is 1. The van der Waals surface area contributed by atoms with Crippen molar-refractivity contribution >= 4 is 11.9 Å². The van der Waals surface area contributed by atoms with Crippen LogP contribution in [0, 0.1) is 0 Å². The van der Waals surface area contributed by atoms with E-state index in [4.69, 9.17) is 4.74 Å². The summed E-state index contributed by atoms with van der Waals surface area (Å²) in [5.74, 6) is -1.95. The summed E-state index contributed by atoms with van der Waals surface area (Å²) in [4.78, 5) is 31.7. The Kier molecular flexibility index (Phi) is 3.20. The van der Waals surface area contributed by atoms with Crippen molar-refractivity contribution in [3.05, 3.63) is 28.8 Å². The molecule has 0 bridgehead atoms. The number of phenolic OH excluding ortho intramolecular Hbond substituents is 1. The van der Waals surface area contributed by atoms with Crippen LogP contribution in [-0.4, -0.2) is 30.3 Å². The van der Waals surface area contributed by atoms with Crippen molar-refractivity contribution in [2.24, 2.45) is 0 Å². The van der Waals surface area contributed by atoms with Crippen LogP contribution in [0.3, 0.4) is 0 Å². The number of carbonyl (C=O) groups excluding carboxylic acids is 2. The lowest BCUT2D eigenvalue weighted by atomic mass is 9.96. The zero-order valence-electron chi connectivity index (χ0n) is 9.93. The summed E-state index contributed by atoms with van der Waals surface area (Å²) < 4.78 is 5.01. The predicted octanol–water partition coefficient (Wildman–Crippen LogP) is 1.21. The highest BCUT2D eigenvalue weighted by atomic mass is 17.2. The molecule has 1 unspecified atom stereocenters. The maximum Gasteiger partial charge on any atom is 0.376 e. The van der Waals surface area contributed by atoms with E-state index < -0.39 is 17.7 Å². The number of fused-ring (bicyclic) bond motifs is 1. The minimum Gasteiger partial charge on any atom is -0.506 e. The molecule has 0 radical (unpaired) electrons. The Morgan fingerprint density at radius 1 is 1.50 bits per heavy atom. The number of carbonyl (C=O) groups is 2. The molecule has 1 N–H and O–H groups in total. The fourth-order valence-corrected chi connectivity index (χ4v) is 1.91. The molecule has 0 amide bonds. The fraction of sp³-hybridized carbons (Fsp3) is 0.333. The molecule has 0 spiro atoms. The molecule has 1 aliphatic rings. The van der Waals surface area contributed by atoms with Gasteiger partial charge in [-0.15, -0.1) is 0 Å². The van der Waals surface area contributed by atoms with Crippen LogP contribution < -0.4 is 0 Å². The minimum atomic E-state index is -0.871. The van der Waals surface area contributed by atoms with Gasteiger partial charge in [0.25, 0.3) is 0 Å². The molecule has 0 fully saturated rings. The summed E-state index contributed by atoms with van der Waals surface area (Å²) in [6.07, 6.45) is 0.245. The summed E-state index contributed by atoms with van der Waals surface area (Å²) in [6.45, 7) is 1.75. The van der Waals surface area contributed by atoms with Gasteiger partial charge in [-0.1, -0.05) is 6.07 Å². The van der Waals surface area contributed by atoms with Gasteiger partial charge in [-0.05, 0) is 18.6 Å². The Labute approximate surface area is 103 Å². The van der Waals surface area contributed by atoms with Gasteiger partial charge in [-0.2, -0.15) is 4.89 Å². The van der Waals surface area contributed by atoms with Gasteiger partial charge < -0.3 is 9.84 Å². The molecule has 96 valence electrons. The minimum absolute atomic E-state index is 0.0126. The van der Waals surface area contributed by atoms with Gasteiger partial charge >= 0.3 is 11.9 Å². The van der Waals surface area contributed by atoms with Crippen LogP contribution in [0.15, 0.2) is 12.1 Å². The molecule has 6 nitrogen and oxygen atoms in total. The number of aromatic hydroxyl groups is 1. The monoisotopic (exact) mass is 252 g/mol. The third-order valence-corrected chi connectivity index (χ3v) is 2.66. The first-order valence-electron chi connectivity index (χ1n) is 5.35. The van der Waals surface area contributed by atoms with Crippen LogP contribution in [0.4, 0.5) is 0 Å². The summed E-state index contributed by atoms with van der Waals surface area (Å²) in [5, 5.41) is 9.93. The second-order valence-corrected chi connectivity index (χ2v) is 3.95. The third-order valence-electron chi connectivity index (χ3n) is 2.66. The summed E-state index contributed by atoms with van der Waals surface area (Å²) in [7, 11) is 1.17. The largest absolute Gasteiger partial charge is 0.506 e. The van der Waals surface area contributed by atoms with Crippen LogP contribution in [-0.2, 0) is 20.9 Å². The Bertz CT molecular complexity index is 508. The van der Waals surface area contributed by atoms with Crippen LogP contribution in [0.2, 0.25) is 0 Å². The summed E-state index contributed by atoms with van der Waals surface area (Å²) in [5.41, 5.74) is 0.519. The van der Waals surface area contributed by atoms with Crippen LogP contribution in [0.1, 0.15) is 33.2 Å². The van der Waals surface area contributed by atoms with Crippen molar-refractivity contribution in [3.8, 4) is 5.75 Å². The fourth-order valence-electron chi connectivity index (χ4n) is 1.91. The number of ether oxygens (including phenoxy) is 1. The van der Waals surface area contributed by atoms with Gasteiger partial charge in [0.1, 0.15) is 23.0 Å². The average Bonchev–Trinajstić information content (AvgIpc) is 2.28. The van der Waals surface area contributed by atoms with Gasteiger partial charge in [-0.3, -0.25) is 4.89 Å². The second kappa shape index (κ2) is 4.66. The lowest BCUT2D eigenvalue weighted by Crippen LogP contribution is -2.25. The van der Waals surface area contributed by atoms with Crippen LogP contribution in [0.25, 0.3) is 0 Å². The van der Waals surface area contributed by atoms with E-state index in [9.17, 15) is 14.7 Å². The molecule has 6 heteroatoms. The van der Waals surface area contributed by atoms with E-state index in [2.05, 4.69) is 9.78 Å². The molecule has 1 aromatic rings. The molecule has 2 rings (SSSR count). The van der Waals surface area contributed by atoms with Crippen molar-refractivity contribution < 1.29 is 29.2 Å². The standard InChI is InChI=1S/C12H12O6/c1-6-5-7-3-4-8(11(14)18-16-2)10(13)9(7)12(15)17-6/h3-4,6,13H,5H2,1-2H3. The van der Waals surface area contributed by atoms with Crippen LogP contribution >= 0.6 is 0 Å². The highest BCUT2D eigenvalue weighted by Gasteiger charge is 2.30. The molecule has 18 heavy (non-hydrogen) atoms. The molecule has 1 atom stereocenters. The maximum absolute atomic E-state index is 11.7. The van der Waals surface area contributed by atoms with E-state index in [0.717, 1.165) is 0 Å². The zero-order chi connectivity index (χ0) is 13.3. The summed E-state index contributed by atoms with van der Waals surface area (Å²) >= 11 is 0. The Morgan fingerprint density at radius 2 is 2.22 bits per heavy atom. The van der Waals surface area contributed by atoms with E-state index in [1.165, 1.54) is 13.2 Å². The number of hydrogen-bond acceptors (Lipinski definition) is 6. The van der Waals surface area contributed by atoms with Gasteiger partial charge in [0.15, 0.2) is 0 Å². The van der Waals surface area contributed by atoms with Crippen molar-refractivity contribution in [2.45, 2.75) is 19.4 Å². The van der Waals surface area contributed by atoms with Gasteiger partial charge in [0.2, 0.25) is 0 Å². The zero-order valence-corrected chi connectivity index (χ0v) is 9.93. The Balaban J connectivity index is 2.47. The molecule has 0 saturated carbocycles. The van der Waals surface area contributed by atoms with Gasteiger partial charge in [-0.25, -0.2) is 9.59 Å². The van der Waals surface area contributed by atoms with E-state index in [0.29, 0.717) is 12.0 Å². The topological polar surface area (TPSA) is 82.1 Å². The number of benzene rings is 1. The first-order chi connectivity index (χ1) is 8.54. The number of hydrogen-bond donors (Lipinski definition) is 1. The lowest BCUT2D eigenvalue weighted by Gasteiger charge is -2.22. The smallest absolute Gasteiger partial charge is 0.376 e. The van der Waals surface area contributed by atoms with E-state index in [-0.39, 0.29) is 17.2 Å². The third kappa shape index (κ3) is 2.02. The number of esters is 1. The Hall–Kier alpha value is -2.08. The van der Waals surface area contributed by atoms with Gasteiger partial charge in [0.05, 0.1) is 7.11 Å². The molecular formula is C12H12O6. The second-order valence-electron chi connectivity index (χ2n) is 3.95. The summed E-state index contributed by atoms with van der Waals surface area (Å²) in [6, 6.07) is 2.99. The van der Waals surface area contributed by atoms with E-state index in [1.54, 1.807) is 13.0 Å². The van der Waals surface area contributed by atoms with Gasteiger partial charge in [0, 0.05) is 6.42 Å². The molecule has 0 saturated heterocycles. The SMILES string of the molecule is COOC(=O)c1ccc2c(c1O)C(=O)OC(C)C2. The van der Waals surface area contributed by atoms with E-state index in [1.807, 2.05) is 0 Å². The molecule has 1 aromatic carbocycles. The van der Waals surface area contributed by atoms with Crippen molar-refractivity contribution in [3.63, 3.8) is 0 Å². The average molecular weight is 252 g/mol. The lowest BCUT2D eigenvalue weighted by molar-refractivity contribution is -0.216. The maximum atomic E-state index is 11.7. The highest BCUT2D eigenvalue weighted by molar-refractivity contribution is 6.01. The molecular weight excluding hydrogens is 240 g/mol. The first kappa shape index (κ1) is 12.4. The normalized spacial score (nSPS) is 17.9. The van der Waals surface area contributed by atoms with Crippen molar-refractivity contribution in [1.29, 1.82) is 0 Å². The molecule has 1 aliphatic heterocycles. The quantitative estimate of drug-likeness (QED) is 0.484. The molecule has 0 aliphatic carbocycles. The number of cyclic esters (lactones) is 1. The highest BCUT2D eigenvalue weighted by Crippen LogP contribution is 2.31. The van der Waals surface area contributed by atoms with E-state index >= 15 is 0 Å². The molecule has 1 heterocycles. The number of rotatable bonds is 2. The van der Waals surface area contributed by atoms with Crippen LogP contribution in [0.5, 0.6) is 5.75 Å².